The van der Waals surface area contributed by atoms with Gasteiger partial charge in [-0.05, 0) is 16.3 Å². The van der Waals surface area contributed by atoms with Crippen LogP contribution in [-0.2, 0) is 20.8 Å². The summed E-state index contributed by atoms with van der Waals surface area (Å²) in [5, 5.41) is 10.5. The molecule has 0 bridgehead atoms. The van der Waals surface area contributed by atoms with Gasteiger partial charge in [0.15, 0.2) is 6.61 Å². The summed E-state index contributed by atoms with van der Waals surface area (Å²) in [4.78, 5) is 26.2. The molecule has 0 atom stereocenters. The van der Waals surface area contributed by atoms with E-state index < -0.39 is 12.6 Å². The van der Waals surface area contributed by atoms with Crippen molar-refractivity contribution in [1.82, 2.24) is 5.48 Å². The van der Waals surface area contributed by atoms with E-state index >= 15 is 0 Å². The molecule has 0 radical (unpaired) electrons. The van der Waals surface area contributed by atoms with Crippen LogP contribution in [-0.4, -0.2) is 23.6 Å². The van der Waals surface area contributed by atoms with E-state index in [2.05, 4.69) is 10.3 Å². The lowest BCUT2D eigenvalue weighted by Crippen LogP contribution is -2.27. The second kappa shape index (κ2) is 5.97. The van der Waals surface area contributed by atoms with Crippen molar-refractivity contribution in [2.24, 2.45) is 0 Å². The summed E-state index contributed by atoms with van der Waals surface area (Å²) in [5.41, 5.74) is 2.93. The van der Waals surface area contributed by atoms with Crippen LogP contribution < -0.4 is 5.48 Å². The first-order valence-corrected chi connectivity index (χ1v) is 5.75. The SMILES string of the molecule is O=C(O)CONC(=O)Cc1ccc2ccccc2c1. The maximum absolute atomic E-state index is 11.5. The van der Waals surface area contributed by atoms with Gasteiger partial charge in [0.05, 0.1) is 6.42 Å². The largest absolute Gasteiger partial charge is 0.479 e. The molecule has 2 aromatic carbocycles. The summed E-state index contributed by atoms with van der Waals surface area (Å²) in [6.07, 6.45) is 0.143. The molecule has 0 unspecified atom stereocenters. The van der Waals surface area contributed by atoms with Gasteiger partial charge in [0.1, 0.15) is 0 Å². The quantitative estimate of drug-likeness (QED) is 0.798. The summed E-state index contributed by atoms with van der Waals surface area (Å²) in [6, 6.07) is 13.6. The second-order valence-electron chi connectivity index (χ2n) is 4.07. The van der Waals surface area contributed by atoms with Gasteiger partial charge in [0, 0.05) is 0 Å². The minimum atomic E-state index is -1.13. The molecular formula is C14H13NO4. The topological polar surface area (TPSA) is 75.6 Å². The lowest BCUT2D eigenvalue weighted by molar-refractivity contribution is -0.149. The number of amides is 1. The van der Waals surface area contributed by atoms with Crippen LogP contribution in [0.25, 0.3) is 10.8 Å². The summed E-state index contributed by atoms with van der Waals surface area (Å²) < 4.78 is 0. The fraction of sp³-hybridized carbons (Fsp3) is 0.143. The molecule has 0 aromatic heterocycles. The molecule has 2 rings (SSSR count). The van der Waals surface area contributed by atoms with Crippen molar-refractivity contribution in [2.75, 3.05) is 6.61 Å². The maximum Gasteiger partial charge on any atom is 0.332 e. The molecule has 0 aliphatic rings. The molecular weight excluding hydrogens is 246 g/mol. The Morgan fingerprint density at radius 3 is 2.58 bits per heavy atom. The van der Waals surface area contributed by atoms with E-state index in [1.165, 1.54) is 0 Å². The van der Waals surface area contributed by atoms with Gasteiger partial charge in [0.25, 0.3) is 0 Å². The number of hydroxylamine groups is 1. The second-order valence-corrected chi connectivity index (χ2v) is 4.07. The Kier molecular flexibility index (Phi) is 4.10. The zero-order valence-corrected chi connectivity index (χ0v) is 10.1. The number of carbonyl (C=O) groups excluding carboxylic acids is 1. The summed E-state index contributed by atoms with van der Waals surface area (Å²) in [5.74, 6) is -1.51. The van der Waals surface area contributed by atoms with Crippen molar-refractivity contribution in [3.05, 3.63) is 48.0 Å². The van der Waals surface area contributed by atoms with Crippen LogP contribution >= 0.6 is 0 Å². The van der Waals surface area contributed by atoms with Crippen molar-refractivity contribution in [2.45, 2.75) is 6.42 Å². The molecule has 0 saturated heterocycles. The van der Waals surface area contributed by atoms with Crippen LogP contribution in [0.4, 0.5) is 0 Å². The molecule has 1 amide bonds. The summed E-state index contributed by atoms with van der Waals surface area (Å²) in [7, 11) is 0. The standard InChI is InChI=1S/C14H13NO4/c16-13(15-19-9-14(17)18)8-10-5-6-11-3-1-2-4-12(11)7-10/h1-7H,8-9H2,(H,15,16)(H,17,18). The van der Waals surface area contributed by atoms with Crippen LogP contribution in [0.3, 0.4) is 0 Å². The molecule has 0 heterocycles. The molecule has 0 aliphatic carbocycles. The third-order valence-corrected chi connectivity index (χ3v) is 2.56. The summed E-state index contributed by atoms with van der Waals surface area (Å²) >= 11 is 0. The van der Waals surface area contributed by atoms with E-state index in [1.807, 2.05) is 42.5 Å². The number of aliphatic carboxylic acids is 1. The summed E-state index contributed by atoms with van der Waals surface area (Å²) in [6.45, 7) is -0.552. The smallest absolute Gasteiger partial charge is 0.332 e. The highest BCUT2D eigenvalue weighted by atomic mass is 16.7. The van der Waals surface area contributed by atoms with Crippen molar-refractivity contribution < 1.29 is 19.5 Å². The Morgan fingerprint density at radius 2 is 1.84 bits per heavy atom. The van der Waals surface area contributed by atoms with Gasteiger partial charge in [0.2, 0.25) is 5.91 Å². The highest BCUT2D eigenvalue weighted by Gasteiger charge is 2.05. The highest BCUT2D eigenvalue weighted by molar-refractivity contribution is 5.85. The van der Waals surface area contributed by atoms with Gasteiger partial charge in [-0.25, -0.2) is 10.3 Å². The average Bonchev–Trinajstić information content (AvgIpc) is 2.38. The van der Waals surface area contributed by atoms with Crippen molar-refractivity contribution >= 4 is 22.6 Å². The number of benzene rings is 2. The van der Waals surface area contributed by atoms with Gasteiger partial charge in [-0.3, -0.25) is 9.63 Å². The van der Waals surface area contributed by atoms with E-state index in [9.17, 15) is 9.59 Å². The predicted octanol–water partition coefficient (Wildman–Crippen LogP) is 1.51. The van der Waals surface area contributed by atoms with Gasteiger partial charge in [-0.1, -0.05) is 42.5 Å². The van der Waals surface area contributed by atoms with Crippen LogP contribution in [0, 0.1) is 0 Å². The molecule has 19 heavy (non-hydrogen) atoms. The molecule has 5 nitrogen and oxygen atoms in total. The molecule has 2 N–H and O–H groups in total. The predicted molar refractivity (Wildman–Crippen MR) is 69.4 cm³/mol. The van der Waals surface area contributed by atoms with Crippen molar-refractivity contribution in [1.29, 1.82) is 0 Å². The van der Waals surface area contributed by atoms with Crippen LogP contribution in [0.15, 0.2) is 42.5 Å². The first-order chi connectivity index (χ1) is 9.15. The Hall–Kier alpha value is -2.40. The number of rotatable bonds is 5. The Bertz CT molecular complexity index is 609. The number of nitrogens with one attached hydrogen (secondary N) is 1. The normalized spacial score (nSPS) is 10.3. The van der Waals surface area contributed by atoms with E-state index in [1.54, 1.807) is 0 Å². The average molecular weight is 259 g/mol. The van der Waals surface area contributed by atoms with E-state index in [0.717, 1.165) is 16.3 Å². The van der Waals surface area contributed by atoms with E-state index in [0.29, 0.717) is 0 Å². The van der Waals surface area contributed by atoms with Gasteiger partial charge >= 0.3 is 5.97 Å². The van der Waals surface area contributed by atoms with Crippen molar-refractivity contribution in [3.8, 4) is 0 Å². The van der Waals surface area contributed by atoms with Crippen molar-refractivity contribution in [3.63, 3.8) is 0 Å². The number of fused-ring (bicyclic) bond motifs is 1. The van der Waals surface area contributed by atoms with Crippen LogP contribution in [0.1, 0.15) is 5.56 Å². The zero-order chi connectivity index (χ0) is 13.7. The fourth-order valence-electron chi connectivity index (χ4n) is 1.75. The number of carbonyl (C=O) groups is 2. The zero-order valence-electron chi connectivity index (χ0n) is 10.1. The highest BCUT2D eigenvalue weighted by Crippen LogP contribution is 2.15. The molecule has 0 fully saturated rings. The Labute approximate surface area is 109 Å². The number of carboxylic acid groups (broad SMARTS) is 1. The van der Waals surface area contributed by atoms with E-state index in [4.69, 9.17) is 5.11 Å². The number of carboxylic acids is 1. The minimum absolute atomic E-state index is 0.143. The van der Waals surface area contributed by atoms with Gasteiger partial charge in [-0.15, -0.1) is 0 Å². The molecule has 98 valence electrons. The van der Waals surface area contributed by atoms with Crippen LogP contribution in [0.5, 0.6) is 0 Å². The molecule has 5 heteroatoms. The third kappa shape index (κ3) is 3.79. The molecule has 0 spiro atoms. The van der Waals surface area contributed by atoms with E-state index in [-0.39, 0.29) is 12.3 Å². The molecule has 0 aliphatic heterocycles. The number of hydrogen-bond donors (Lipinski definition) is 2. The molecule has 2 aromatic rings. The van der Waals surface area contributed by atoms with Gasteiger partial charge < -0.3 is 5.11 Å². The fourth-order valence-corrected chi connectivity index (χ4v) is 1.75. The lowest BCUT2D eigenvalue weighted by Gasteiger charge is -2.05. The van der Waals surface area contributed by atoms with Gasteiger partial charge in [-0.2, -0.15) is 0 Å². The third-order valence-electron chi connectivity index (χ3n) is 2.56. The molecule has 0 saturated carbocycles. The first-order valence-electron chi connectivity index (χ1n) is 5.75. The lowest BCUT2D eigenvalue weighted by atomic mass is 10.1. The maximum atomic E-state index is 11.5. The first kappa shape index (κ1) is 13.0. The minimum Gasteiger partial charge on any atom is -0.479 e. The Balaban J connectivity index is 1.97. The number of hydrogen-bond acceptors (Lipinski definition) is 3. The monoisotopic (exact) mass is 259 g/mol. The Morgan fingerprint density at radius 1 is 1.11 bits per heavy atom. The van der Waals surface area contributed by atoms with Crippen LogP contribution in [0.2, 0.25) is 0 Å².